The lowest BCUT2D eigenvalue weighted by atomic mass is 9.87. The van der Waals surface area contributed by atoms with Crippen LogP contribution in [0.15, 0.2) is 24.4 Å². The van der Waals surface area contributed by atoms with Crippen LogP contribution in [0.4, 0.5) is 5.82 Å². The van der Waals surface area contributed by atoms with Crippen LogP contribution in [0.5, 0.6) is 5.75 Å². The first-order chi connectivity index (χ1) is 11.1. The number of phenolic OH excluding ortho intramolecular Hbond substituents is 1. The Hall–Kier alpha value is -2.01. The molecule has 1 fully saturated rings. The predicted molar refractivity (Wildman–Crippen MR) is 87.9 cm³/mol. The van der Waals surface area contributed by atoms with Gasteiger partial charge in [-0.2, -0.15) is 5.10 Å². The molecular weight excluding hydrogens is 314 g/mol. The van der Waals surface area contributed by atoms with Crippen LogP contribution >= 0.6 is 11.6 Å². The van der Waals surface area contributed by atoms with Gasteiger partial charge in [0.05, 0.1) is 17.3 Å². The molecule has 2 aromatic rings. The normalized spacial score (nSPS) is 21.3. The number of carbonyl (C=O) groups excluding carboxylic acids is 1. The molecular formula is C17H18ClN3O2. The largest absolute Gasteiger partial charge is 0.506 e. The Morgan fingerprint density at radius 3 is 2.83 bits per heavy atom. The fourth-order valence-electron chi connectivity index (χ4n) is 3.70. The van der Waals surface area contributed by atoms with E-state index in [1.54, 1.807) is 12.1 Å². The van der Waals surface area contributed by atoms with Gasteiger partial charge in [0.1, 0.15) is 11.6 Å². The maximum absolute atomic E-state index is 12.2. The first kappa shape index (κ1) is 14.6. The number of nitrogens with zero attached hydrogens (tertiary/aromatic N) is 2. The standard InChI is InChI=1S/C17H18ClN3O2/c18-14-7-10(5-6-15(14)22)12-8-16(23)20-17-13(12)9-19-21(17)11-3-1-2-4-11/h5-7,9,11-12,22H,1-4,8H2,(H,20,23). The second-order valence-electron chi connectivity index (χ2n) is 6.35. The number of benzene rings is 1. The number of amides is 1. The van der Waals surface area contributed by atoms with Crippen molar-refractivity contribution < 1.29 is 9.90 Å². The van der Waals surface area contributed by atoms with E-state index in [2.05, 4.69) is 10.4 Å². The third-order valence-corrected chi connectivity index (χ3v) is 5.19. The molecule has 1 amide bonds. The van der Waals surface area contributed by atoms with Crippen LogP contribution in [-0.4, -0.2) is 20.8 Å². The van der Waals surface area contributed by atoms with Crippen molar-refractivity contribution in [3.8, 4) is 5.75 Å². The molecule has 0 spiro atoms. The molecule has 2 N–H and O–H groups in total. The van der Waals surface area contributed by atoms with Gasteiger partial charge in [-0.3, -0.25) is 4.79 Å². The molecule has 2 heterocycles. The third-order valence-electron chi connectivity index (χ3n) is 4.89. The molecule has 2 aliphatic rings. The van der Waals surface area contributed by atoms with Crippen molar-refractivity contribution in [3.05, 3.63) is 40.5 Å². The summed E-state index contributed by atoms with van der Waals surface area (Å²) in [5, 5.41) is 17.5. The van der Waals surface area contributed by atoms with Crippen molar-refractivity contribution in [1.82, 2.24) is 9.78 Å². The molecule has 23 heavy (non-hydrogen) atoms. The smallest absolute Gasteiger partial charge is 0.226 e. The Labute approximate surface area is 139 Å². The van der Waals surface area contributed by atoms with Crippen LogP contribution in [0, 0.1) is 0 Å². The molecule has 4 rings (SSSR count). The maximum Gasteiger partial charge on any atom is 0.226 e. The van der Waals surface area contributed by atoms with Crippen LogP contribution in [0.25, 0.3) is 0 Å². The SMILES string of the molecule is O=C1CC(c2ccc(O)c(Cl)c2)c2cnn(C3CCCC3)c2N1. The van der Waals surface area contributed by atoms with Crippen molar-refractivity contribution in [3.63, 3.8) is 0 Å². The molecule has 0 radical (unpaired) electrons. The molecule has 120 valence electrons. The third kappa shape index (κ3) is 2.49. The number of phenols is 1. The fourth-order valence-corrected chi connectivity index (χ4v) is 3.89. The van der Waals surface area contributed by atoms with Crippen molar-refractivity contribution in [2.24, 2.45) is 0 Å². The Kier molecular flexibility index (Phi) is 3.53. The summed E-state index contributed by atoms with van der Waals surface area (Å²) in [4.78, 5) is 12.2. The summed E-state index contributed by atoms with van der Waals surface area (Å²) in [5.41, 5.74) is 1.95. The molecule has 0 bridgehead atoms. The number of hydrogen-bond acceptors (Lipinski definition) is 3. The number of anilines is 1. The van der Waals surface area contributed by atoms with Gasteiger partial charge in [-0.05, 0) is 30.5 Å². The van der Waals surface area contributed by atoms with E-state index in [0.29, 0.717) is 17.5 Å². The van der Waals surface area contributed by atoms with E-state index in [9.17, 15) is 9.90 Å². The monoisotopic (exact) mass is 331 g/mol. The van der Waals surface area contributed by atoms with Gasteiger partial charge in [-0.15, -0.1) is 0 Å². The second-order valence-corrected chi connectivity index (χ2v) is 6.75. The highest BCUT2D eigenvalue weighted by atomic mass is 35.5. The molecule has 1 aliphatic heterocycles. The zero-order valence-electron chi connectivity index (χ0n) is 12.6. The van der Waals surface area contributed by atoms with Crippen molar-refractivity contribution in [1.29, 1.82) is 0 Å². The summed E-state index contributed by atoms with van der Waals surface area (Å²) >= 11 is 6.03. The molecule has 1 aliphatic carbocycles. The number of aromatic hydroxyl groups is 1. The van der Waals surface area contributed by atoms with E-state index < -0.39 is 0 Å². The van der Waals surface area contributed by atoms with Crippen molar-refractivity contribution in [2.75, 3.05) is 5.32 Å². The van der Waals surface area contributed by atoms with Crippen LogP contribution in [0.2, 0.25) is 5.02 Å². The van der Waals surface area contributed by atoms with Crippen molar-refractivity contribution >= 4 is 23.3 Å². The molecule has 0 saturated heterocycles. The summed E-state index contributed by atoms with van der Waals surface area (Å²) in [7, 11) is 0. The first-order valence-electron chi connectivity index (χ1n) is 7.99. The number of halogens is 1. The average Bonchev–Trinajstić information content (AvgIpc) is 3.17. The highest BCUT2D eigenvalue weighted by Gasteiger charge is 2.32. The summed E-state index contributed by atoms with van der Waals surface area (Å²) in [5.74, 6) is 0.790. The van der Waals surface area contributed by atoms with Gasteiger partial charge >= 0.3 is 0 Å². The van der Waals surface area contributed by atoms with Gasteiger partial charge in [0.25, 0.3) is 0 Å². The Balaban J connectivity index is 1.76. The van der Waals surface area contributed by atoms with Crippen LogP contribution in [-0.2, 0) is 4.79 Å². The van der Waals surface area contributed by atoms with Gasteiger partial charge < -0.3 is 10.4 Å². The Morgan fingerprint density at radius 1 is 1.30 bits per heavy atom. The van der Waals surface area contributed by atoms with E-state index in [1.807, 2.05) is 16.9 Å². The zero-order chi connectivity index (χ0) is 16.0. The summed E-state index contributed by atoms with van der Waals surface area (Å²) in [6.07, 6.45) is 6.87. The summed E-state index contributed by atoms with van der Waals surface area (Å²) in [6.45, 7) is 0. The predicted octanol–water partition coefficient (Wildman–Crippen LogP) is 3.83. The van der Waals surface area contributed by atoms with Crippen LogP contribution in [0.1, 0.15) is 55.2 Å². The van der Waals surface area contributed by atoms with E-state index in [-0.39, 0.29) is 17.6 Å². The average molecular weight is 332 g/mol. The topological polar surface area (TPSA) is 67.1 Å². The minimum absolute atomic E-state index is 0.00792. The molecule has 5 nitrogen and oxygen atoms in total. The molecule has 1 atom stereocenters. The lowest BCUT2D eigenvalue weighted by Crippen LogP contribution is -2.25. The van der Waals surface area contributed by atoms with Gasteiger partial charge in [-0.25, -0.2) is 4.68 Å². The van der Waals surface area contributed by atoms with Crippen molar-refractivity contribution in [2.45, 2.75) is 44.1 Å². The minimum Gasteiger partial charge on any atom is -0.506 e. The van der Waals surface area contributed by atoms with E-state index in [0.717, 1.165) is 29.8 Å². The summed E-state index contributed by atoms with van der Waals surface area (Å²) < 4.78 is 1.98. The number of nitrogens with one attached hydrogen (secondary N) is 1. The Bertz CT molecular complexity index is 765. The lowest BCUT2D eigenvalue weighted by Gasteiger charge is -2.25. The van der Waals surface area contributed by atoms with Gasteiger partial charge in [0.2, 0.25) is 5.91 Å². The highest BCUT2D eigenvalue weighted by molar-refractivity contribution is 6.32. The van der Waals surface area contributed by atoms with E-state index >= 15 is 0 Å². The number of carbonyl (C=O) groups is 1. The number of aromatic nitrogens is 2. The quantitative estimate of drug-likeness (QED) is 0.878. The number of rotatable bonds is 2. The lowest BCUT2D eigenvalue weighted by molar-refractivity contribution is -0.116. The van der Waals surface area contributed by atoms with E-state index in [4.69, 9.17) is 11.6 Å². The molecule has 1 aromatic carbocycles. The minimum atomic E-state index is -0.0768. The van der Waals surface area contributed by atoms with Gasteiger partial charge in [0, 0.05) is 17.9 Å². The molecule has 6 heteroatoms. The summed E-state index contributed by atoms with van der Waals surface area (Å²) in [6, 6.07) is 5.50. The van der Waals surface area contributed by atoms with Crippen LogP contribution < -0.4 is 5.32 Å². The van der Waals surface area contributed by atoms with E-state index in [1.165, 1.54) is 12.8 Å². The van der Waals surface area contributed by atoms with Crippen LogP contribution in [0.3, 0.4) is 0 Å². The first-order valence-corrected chi connectivity index (χ1v) is 8.37. The Morgan fingerprint density at radius 2 is 2.09 bits per heavy atom. The molecule has 1 aromatic heterocycles. The highest BCUT2D eigenvalue weighted by Crippen LogP contribution is 2.41. The second kappa shape index (κ2) is 5.57. The van der Waals surface area contributed by atoms with Gasteiger partial charge in [-0.1, -0.05) is 30.5 Å². The maximum atomic E-state index is 12.2. The zero-order valence-corrected chi connectivity index (χ0v) is 13.4. The van der Waals surface area contributed by atoms with Gasteiger partial charge in [0.15, 0.2) is 0 Å². The molecule has 1 saturated carbocycles. The number of hydrogen-bond donors (Lipinski definition) is 2. The fraction of sp³-hybridized carbons (Fsp3) is 0.412. The molecule has 1 unspecified atom stereocenters. The number of fused-ring (bicyclic) bond motifs is 1.